The fourth-order valence-corrected chi connectivity index (χ4v) is 8.82. The number of carbonyl (C=O) groups is 2. The van der Waals surface area contributed by atoms with Gasteiger partial charge >= 0.3 is 0 Å². The van der Waals surface area contributed by atoms with Gasteiger partial charge in [0.1, 0.15) is 11.8 Å². The van der Waals surface area contributed by atoms with Crippen molar-refractivity contribution in [2.75, 3.05) is 36.8 Å². The van der Waals surface area contributed by atoms with Crippen LogP contribution in [-0.2, 0) is 31.4 Å². The Morgan fingerprint density at radius 2 is 1.74 bits per heavy atom. The molecule has 2 aromatic carbocycles. The first kappa shape index (κ1) is 29.9. The summed E-state index contributed by atoms with van der Waals surface area (Å²) in [6, 6.07) is 15.1. The molecule has 2 amide bonds. The van der Waals surface area contributed by atoms with Crippen LogP contribution in [0.25, 0.3) is 0 Å². The van der Waals surface area contributed by atoms with E-state index in [1.807, 2.05) is 47.4 Å². The zero-order valence-electron chi connectivity index (χ0n) is 25.1. The molecule has 1 spiro atoms. The van der Waals surface area contributed by atoms with Crippen molar-refractivity contribution in [2.24, 2.45) is 11.7 Å². The third-order valence-electron chi connectivity index (χ3n) is 10.2. The molecular weight excluding hydrogens is 564 g/mol. The number of nitrogens with zero attached hydrogens (tertiary/aromatic N) is 2. The Balaban J connectivity index is 1.18. The number of piperidine rings is 1. The smallest absolute Gasteiger partial charge is 0.245 e. The topological polar surface area (TPSA) is 122 Å². The van der Waals surface area contributed by atoms with E-state index in [0.29, 0.717) is 45.5 Å². The maximum absolute atomic E-state index is 14.2. The van der Waals surface area contributed by atoms with Gasteiger partial charge in [-0.1, -0.05) is 49.2 Å². The minimum Gasteiger partial charge on any atom is -0.493 e. The van der Waals surface area contributed by atoms with Crippen molar-refractivity contribution < 1.29 is 22.7 Å². The molecule has 4 aliphatic rings. The van der Waals surface area contributed by atoms with E-state index in [-0.39, 0.29) is 29.6 Å². The molecule has 3 aliphatic heterocycles. The van der Waals surface area contributed by atoms with Crippen LogP contribution in [0.15, 0.2) is 48.5 Å². The summed E-state index contributed by atoms with van der Waals surface area (Å²) in [5.41, 5.74) is 8.63. The second-order valence-electron chi connectivity index (χ2n) is 13.3. The Morgan fingerprint density at radius 1 is 1.05 bits per heavy atom. The molecule has 2 aromatic rings. The van der Waals surface area contributed by atoms with Gasteiger partial charge in [-0.3, -0.25) is 13.9 Å². The molecule has 9 nitrogen and oxygen atoms in total. The summed E-state index contributed by atoms with van der Waals surface area (Å²) in [5, 5.41) is 3.12. The number of nitrogens with one attached hydrogen (secondary N) is 1. The number of carbonyl (C=O) groups excluding carboxylic acids is 2. The minimum absolute atomic E-state index is 0.0644. The molecule has 0 bridgehead atoms. The van der Waals surface area contributed by atoms with Crippen molar-refractivity contribution in [2.45, 2.75) is 81.2 Å². The highest BCUT2D eigenvalue weighted by molar-refractivity contribution is 7.92. The van der Waals surface area contributed by atoms with Crippen LogP contribution in [0.5, 0.6) is 5.75 Å². The molecule has 232 valence electrons. The summed E-state index contributed by atoms with van der Waals surface area (Å²) in [6.07, 6.45) is 8.66. The summed E-state index contributed by atoms with van der Waals surface area (Å²) in [7, 11) is -3.42. The van der Waals surface area contributed by atoms with Gasteiger partial charge in [-0.15, -0.1) is 0 Å². The van der Waals surface area contributed by atoms with E-state index >= 15 is 0 Å². The summed E-state index contributed by atoms with van der Waals surface area (Å²) in [6.45, 7) is 1.99. The molecule has 2 fully saturated rings. The highest BCUT2D eigenvalue weighted by atomic mass is 32.2. The molecule has 2 atom stereocenters. The number of sulfonamides is 1. The Hall–Kier alpha value is -3.11. The molecule has 1 saturated heterocycles. The van der Waals surface area contributed by atoms with E-state index in [1.54, 1.807) is 0 Å². The third-order valence-corrected chi connectivity index (χ3v) is 11.3. The van der Waals surface area contributed by atoms with Gasteiger partial charge in [0, 0.05) is 37.0 Å². The standard InChI is InChI=1S/C33H44N4O5S/c1-43(40,41)37-23-32(26-9-3-4-10-28(26)37)15-17-36(18-16-32)31(39)27(35-30(38)22-33(34)13-6-7-14-33)21-24-12-19-42-29-11-5-2-8-25(29)20-24/h2-5,8-11,24,27H,6-7,12-23,34H2,1H3,(H,35,38)/t24?,27-/m1/s1. The molecule has 10 heteroatoms. The predicted octanol–water partition coefficient (Wildman–Crippen LogP) is 3.50. The third kappa shape index (κ3) is 6.27. The average molecular weight is 609 g/mol. The van der Waals surface area contributed by atoms with Crippen molar-refractivity contribution in [1.29, 1.82) is 0 Å². The van der Waals surface area contributed by atoms with Crippen LogP contribution in [0.4, 0.5) is 5.69 Å². The van der Waals surface area contributed by atoms with Crippen molar-refractivity contribution in [3.8, 4) is 5.75 Å². The molecule has 3 N–H and O–H groups in total. The normalized spacial score (nSPS) is 23.2. The van der Waals surface area contributed by atoms with Gasteiger partial charge in [-0.25, -0.2) is 8.42 Å². The Bertz CT molecular complexity index is 1460. The van der Waals surface area contributed by atoms with E-state index < -0.39 is 21.6 Å². The first-order valence-electron chi connectivity index (χ1n) is 15.7. The van der Waals surface area contributed by atoms with Crippen LogP contribution >= 0.6 is 0 Å². The van der Waals surface area contributed by atoms with E-state index in [4.69, 9.17) is 10.5 Å². The van der Waals surface area contributed by atoms with E-state index in [2.05, 4.69) is 11.4 Å². The number of likely N-dealkylation sites (tertiary alicyclic amines) is 1. The number of amides is 2. The number of hydrogen-bond donors (Lipinski definition) is 2. The monoisotopic (exact) mass is 608 g/mol. The minimum atomic E-state index is -3.42. The largest absolute Gasteiger partial charge is 0.493 e. The van der Waals surface area contributed by atoms with Gasteiger partial charge < -0.3 is 20.7 Å². The SMILES string of the molecule is CS(=O)(=O)N1CC2(CCN(C(=O)[C@@H](CC3CCOc4ccccc4C3)NC(=O)CC3(N)CCCC3)CC2)c2ccccc21. The average Bonchev–Trinajstić information content (AvgIpc) is 3.47. The first-order valence-corrected chi connectivity index (χ1v) is 17.6. The van der Waals surface area contributed by atoms with Crippen molar-refractivity contribution in [3.05, 3.63) is 59.7 Å². The lowest BCUT2D eigenvalue weighted by molar-refractivity contribution is -0.138. The van der Waals surface area contributed by atoms with E-state index in [1.165, 1.54) is 10.6 Å². The molecule has 6 rings (SSSR count). The van der Waals surface area contributed by atoms with Crippen LogP contribution in [-0.4, -0.2) is 69.2 Å². The summed E-state index contributed by atoms with van der Waals surface area (Å²) >= 11 is 0. The van der Waals surface area contributed by atoms with Crippen LogP contribution in [0.1, 0.15) is 68.9 Å². The van der Waals surface area contributed by atoms with Gasteiger partial charge in [0.25, 0.3) is 0 Å². The Labute approximate surface area is 255 Å². The van der Waals surface area contributed by atoms with Crippen LogP contribution in [0.2, 0.25) is 0 Å². The Morgan fingerprint density at radius 3 is 2.49 bits per heavy atom. The van der Waals surface area contributed by atoms with Crippen LogP contribution < -0.4 is 20.1 Å². The van der Waals surface area contributed by atoms with Crippen molar-refractivity contribution in [1.82, 2.24) is 10.2 Å². The van der Waals surface area contributed by atoms with Crippen LogP contribution in [0.3, 0.4) is 0 Å². The lowest BCUT2D eigenvalue weighted by Gasteiger charge is -2.41. The zero-order valence-corrected chi connectivity index (χ0v) is 25.9. The molecule has 1 saturated carbocycles. The van der Waals surface area contributed by atoms with E-state index in [9.17, 15) is 18.0 Å². The number of hydrogen-bond acceptors (Lipinski definition) is 6. The lowest BCUT2D eigenvalue weighted by Crippen LogP contribution is -2.55. The molecule has 3 heterocycles. The number of nitrogens with two attached hydrogens (primary N) is 1. The summed E-state index contributed by atoms with van der Waals surface area (Å²) in [5.74, 6) is 0.849. The fraction of sp³-hybridized carbons (Fsp3) is 0.576. The fourth-order valence-electron chi connectivity index (χ4n) is 7.82. The van der Waals surface area contributed by atoms with Gasteiger partial charge in [-0.05, 0) is 74.1 Å². The second kappa shape index (κ2) is 11.8. The number of benzene rings is 2. The maximum atomic E-state index is 14.2. The number of ether oxygens (including phenoxy) is 1. The lowest BCUT2D eigenvalue weighted by atomic mass is 9.74. The molecular formula is C33H44N4O5S. The van der Waals surface area contributed by atoms with Crippen molar-refractivity contribution in [3.63, 3.8) is 0 Å². The number of para-hydroxylation sites is 2. The van der Waals surface area contributed by atoms with Crippen molar-refractivity contribution >= 4 is 27.5 Å². The maximum Gasteiger partial charge on any atom is 0.245 e. The van der Waals surface area contributed by atoms with E-state index in [0.717, 1.165) is 61.1 Å². The zero-order chi connectivity index (χ0) is 30.2. The number of rotatable bonds is 7. The Kier molecular flexibility index (Phi) is 8.19. The molecule has 0 radical (unpaired) electrons. The van der Waals surface area contributed by atoms with Gasteiger partial charge in [-0.2, -0.15) is 0 Å². The molecule has 1 unspecified atom stereocenters. The van der Waals surface area contributed by atoms with Crippen LogP contribution in [0, 0.1) is 5.92 Å². The predicted molar refractivity (Wildman–Crippen MR) is 166 cm³/mol. The summed E-state index contributed by atoms with van der Waals surface area (Å²) in [4.78, 5) is 29.4. The number of anilines is 1. The molecule has 1 aliphatic carbocycles. The van der Waals surface area contributed by atoms with Gasteiger partial charge in [0.15, 0.2) is 0 Å². The number of fused-ring (bicyclic) bond motifs is 3. The molecule has 43 heavy (non-hydrogen) atoms. The molecule has 0 aromatic heterocycles. The van der Waals surface area contributed by atoms with Gasteiger partial charge in [0.2, 0.25) is 21.8 Å². The van der Waals surface area contributed by atoms with Gasteiger partial charge in [0.05, 0.1) is 18.6 Å². The first-order chi connectivity index (χ1) is 20.6. The summed E-state index contributed by atoms with van der Waals surface area (Å²) < 4.78 is 32.8. The second-order valence-corrected chi connectivity index (χ2v) is 15.2. The quantitative estimate of drug-likeness (QED) is 0.496. The highest BCUT2D eigenvalue weighted by Gasteiger charge is 2.48. The highest BCUT2D eigenvalue weighted by Crippen LogP contribution is 2.48.